The normalized spacial score (nSPS) is 15.3. The summed E-state index contributed by atoms with van der Waals surface area (Å²) in [5.41, 5.74) is 0.351. The Morgan fingerprint density at radius 1 is 1.22 bits per heavy atom. The number of halogens is 3. The van der Waals surface area contributed by atoms with Crippen LogP contribution in [0.4, 0.5) is 18.9 Å². The number of amides is 1. The molecule has 0 bridgehead atoms. The number of H-pyrrole nitrogens is 1. The third kappa shape index (κ3) is 4.31. The number of carbonyl (C=O) groups excluding carboxylic acids is 1. The van der Waals surface area contributed by atoms with Crippen LogP contribution in [0.2, 0.25) is 0 Å². The van der Waals surface area contributed by atoms with Gasteiger partial charge in [0.1, 0.15) is 11.3 Å². The summed E-state index contributed by atoms with van der Waals surface area (Å²) < 4.78 is 42.4. The fraction of sp³-hybridized carbons (Fsp3) is 0.400. The minimum absolute atomic E-state index is 0.0365. The van der Waals surface area contributed by atoms with E-state index in [9.17, 15) is 22.8 Å². The van der Waals surface area contributed by atoms with Crippen LogP contribution in [0.5, 0.6) is 0 Å². The number of aryl methyl sites for hydroxylation is 1. The van der Waals surface area contributed by atoms with Crippen molar-refractivity contribution in [3.05, 3.63) is 57.4 Å². The number of anilines is 1. The Balaban J connectivity index is 1.48. The molecule has 0 spiro atoms. The molecule has 0 saturated carbocycles. The lowest BCUT2D eigenvalue weighted by molar-refractivity contribution is -0.140. The van der Waals surface area contributed by atoms with Crippen LogP contribution in [0.1, 0.15) is 27.4 Å². The van der Waals surface area contributed by atoms with Crippen LogP contribution in [0.25, 0.3) is 5.65 Å². The molecule has 0 atom stereocenters. The standard InChI is InChI=1S/C20H22F3N7O2/c1-12-10-30-16(26-18(12)31)9-13(27-30)11-28-5-7-29(8-6-28)15-4-3-14(19(32)24-2)25-17(15)20(21,22)23/h3-4,9-10H,5-8,11H2,1-2H3,(H,24,32)(H,26,31). The van der Waals surface area contributed by atoms with Crippen molar-refractivity contribution in [1.82, 2.24) is 29.8 Å². The molecule has 4 heterocycles. The van der Waals surface area contributed by atoms with Crippen molar-refractivity contribution in [2.75, 3.05) is 38.1 Å². The van der Waals surface area contributed by atoms with E-state index in [1.165, 1.54) is 19.2 Å². The highest BCUT2D eigenvalue weighted by atomic mass is 19.4. The Hall–Kier alpha value is -3.41. The first-order chi connectivity index (χ1) is 15.2. The van der Waals surface area contributed by atoms with E-state index in [-0.39, 0.29) is 16.9 Å². The van der Waals surface area contributed by atoms with Crippen LogP contribution in [0, 0.1) is 6.92 Å². The van der Waals surface area contributed by atoms with Crippen molar-refractivity contribution in [2.45, 2.75) is 19.6 Å². The second-order valence-corrected chi connectivity index (χ2v) is 7.64. The Kier molecular flexibility index (Phi) is 5.63. The largest absolute Gasteiger partial charge is 0.435 e. The van der Waals surface area contributed by atoms with Crippen LogP contribution >= 0.6 is 0 Å². The maximum absolute atomic E-state index is 13.6. The van der Waals surface area contributed by atoms with Gasteiger partial charge in [-0.1, -0.05) is 0 Å². The fourth-order valence-corrected chi connectivity index (χ4v) is 3.72. The van der Waals surface area contributed by atoms with Gasteiger partial charge in [-0.3, -0.25) is 14.5 Å². The number of hydrogen-bond donors (Lipinski definition) is 2. The van der Waals surface area contributed by atoms with Gasteiger partial charge in [0.15, 0.2) is 5.69 Å². The highest BCUT2D eigenvalue weighted by Crippen LogP contribution is 2.35. The molecule has 0 aromatic carbocycles. The number of aromatic nitrogens is 4. The van der Waals surface area contributed by atoms with Gasteiger partial charge in [0.2, 0.25) is 0 Å². The minimum Gasteiger partial charge on any atom is -0.367 e. The summed E-state index contributed by atoms with van der Waals surface area (Å²) >= 11 is 0. The third-order valence-corrected chi connectivity index (χ3v) is 5.40. The van der Waals surface area contributed by atoms with Crippen molar-refractivity contribution in [3.63, 3.8) is 0 Å². The van der Waals surface area contributed by atoms with Gasteiger partial charge < -0.3 is 15.2 Å². The smallest absolute Gasteiger partial charge is 0.367 e. The van der Waals surface area contributed by atoms with E-state index >= 15 is 0 Å². The number of pyridine rings is 1. The Morgan fingerprint density at radius 2 is 1.94 bits per heavy atom. The summed E-state index contributed by atoms with van der Waals surface area (Å²) in [6.07, 6.45) is -3.02. The Bertz CT molecular complexity index is 1210. The van der Waals surface area contributed by atoms with E-state index in [4.69, 9.17) is 0 Å². The lowest BCUT2D eigenvalue weighted by Gasteiger charge is -2.36. The van der Waals surface area contributed by atoms with Crippen molar-refractivity contribution >= 4 is 17.2 Å². The highest BCUT2D eigenvalue weighted by Gasteiger charge is 2.38. The molecule has 3 aromatic rings. The predicted octanol–water partition coefficient (Wildman–Crippen LogP) is 1.43. The van der Waals surface area contributed by atoms with Gasteiger partial charge in [-0.05, 0) is 19.1 Å². The molecule has 1 fully saturated rings. The van der Waals surface area contributed by atoms with E-state index in [1.807, 2.05) is 0 Å². The third-order valence-electron chi connectivity index (χ3n) is 5.40. The maximum Gasteiger partial charge on any atom is 0.435 e. The number of carbonyl (C=O) groups is 1. The topological polar surface area (TPSA) is 98.6 Å². The molecule has 1 saturated heterocycles. The zero-order valence-corrected chi connectivity index (χ0v) is 17.5. The Labute approximate surface area is 180 Å². The molecule has 32 heavy (non-hydrogen) atoms. The second kappa shape index (κ2) is 8.26. The fourth-order valence-electron chi connectivity index (χ4n) is 3.72. The van der Waals surface area contributed by atoms with Gasteiger partial charge in [0, 0.05) is 57.6 Å². The number of nitrogens with one attached hydrogen (secondary N) is 2. The molecule has 1 amide bonds. The van der Waals surface area contributed by atoms with Gasteiger partial charge in [-0.2, -0.15) is 18.3 Å². The molecule has 0 unspecified atom stereocenters. The van der Waals surface area contributed by atoms with Crippen LogP contribution in [0.3, 0.4) is 0 Å². The molecule has 4 rings (SSSR count). The van der Waals surface area contributed by atoms with Gasteiger partial charge in [-0.15, -0.1) is 0 Å². The lowest BCUT2D eigenvalue weighted by Crippen LogP contribution is -2.46. The Morgan fingerprint density at radius 3 is 2.59 bits per heavy atom. The van der Waals surface area contributed by atoms with Crippen LogP contribution in [-0.2, 0) is 12.7 Å². The molecule has 1 aliphatic heterocycles. The summed E-state index contributed by atoms with van der Waals surface area (Å²) in [7, 11) is 1.34. The molecule has 12 heteroatoms. The van der Waals surface area contributed by atoms with E-state index in [0.717, 1.165) is 5.69 Å². The molecular weight excluding hydrogens is 427 g/mol. The highest BCUT2D eigenvalue weighted by molar-refractivity contribution is 5.92. The number of aromatic amines is 1. The number of alkyl halides is 3. The molecule has 170 valence electrons. The molecule has 2 N–H and O–H groups in total. The summed E-state index contributed by atoms with van der Waals surface area (Å²) in [5, 5.41) is 6.75. The predicted molar refractivity (Wildman–Crippen MR) is 111 cm³/mol. The van der Waals surface area contributed by atoms with Crippen LogP contribution in [0.15, 0.2) is 29.2 Å². The second-order valence-electron chi connectivity index (χ2n) is 7.64. The van der Waals surface area contributed by atoms with Crippen molar-refractivity contribution < 1.29 is 18.0 Å². The van der Waals surface area contributed by atoms with E-state index < -0.39 is 17.8 Å². The number of piperazine rings is 1. The monoisotopic (exact) mass is 449 g/mol. The maximum atomic E-state index is 13.6. The first kappa shape index (κ1) is 21.8. The van der Waals surface area contributed by atoms with Gasteiger partial charge >= 0.3 is 6.18 Å². The average Bonchev–Trinajstić information content (AvgIpc) is 3.13. The zero-order chi connectivity index (χ0) is 23.0. The van der Waals surface area contributed by atoms with Crippen molar-refractivity contribution in [2.24, 2.45) is 0 Å². The van der Waals surface area contributed by atoms with Crippen molar-refractivity contribution in [1.29, 1.82) is 0 Å². The number of nitrogens with zero attached hydrogens (tertiary/aromatic N) is 5. The van der Waals surface area contributed by atoms with Gasteiger partial charge in [0.05, 0.1) is 11.4 Å². The summed E-state index contributed by atoms with van der Waals surface area (Å²) in [4.78, 5) is 33.5. The molecule has 0 radical (unpaired) electrons. The lowest BCUT2D eigenvalue weighted by atomic mass is 10.2. The zero-order valence-electron chi connectivity index (χ0n) is 17.5. The molecule has 3 aromatic heterocycles. The number of fused-ring (bicyclic) bond motifs is 1. The number of rotatable bonds is 4. The molecule has 0 aliphatic carbocycles. The van der Waals surface area contributed by atoms with Gasteiger partial charge in [0.25, 0.3) is 11.5 Å². The summed E-state index contributed by atoms with van der Waals surface area (Å²) in [6.45, 7) is 4.00. The van der Waals surface area contributed by atoms with Crippen molar-refractivity contribution in [3.8, 4) is 0 Å². The quantitative estimate of drug-likeness (QED) is 0.625. The SMILES string of the molecule is CNC(=O)c1ccc(N2CCN(Cc3cc4[nH]c(=O)c(C)cn4n3)CC2)c(C(F)(F)F)n1. The molecule has 1 aliphatic rings. The van der Waals surface area contributed by atoms with E-state index in [0.29, 0.717) is 43.9 Å². The van der Waals surface area contributed by atoms with E-state index in [1.54, 1.807) is 28.6 Å². The first-order valence-electron chi connectivity index (χ1n) is 10.0. The van der Waals surface area contributed by atoms with Gasteiger partial charge in [-0.25, -0.2) is 9.50 Å². The van der Waals surface area contributed by atoms with E-state index in [2.05, 4.69) is 25.3 Å². The molecular formula is C20H22F3N7O2. The number of hydrogen-bond acceptors (Lipinski definition) is 6. The van der Waals surface area contributed by atoms with Crippen LogP contribution < -0.4 is 15.8 Å². The average molecular weight is 449 g/mol. The minimum atomic E-state index is -4.68. The summed E-state index contributed by atoms with van der Waals surface area (Å²) in [6, 6.07) is 4.39. The summed E-state index contributed by atoms with van der Waals surface area (Å²) in [5.74, 6) is -0.670. The molecule has 9 nitrogen and oxygen atoms in total. The van der Waals surface area contributed by atoms with Crippen LogP contribution in [-0.4, -0.2) is 63.6 Å². The first-order valence-corrected chi connectivity index (χ1v) is 10.0.